The molecule has 2 heterocycles. The summed E-state index contributed by atoms with van der Waals surface area (Å²) in [5.41, 5.74) is -0.714. The zero-order chi connectivity index (χ0) is 21.5. The smallest absolute Gasteiger partial charge is 0.337 e. The van der Waals surface area contributed by atoms with Crippen LogP contribution >= 0.6 is 11.6 Å². The van der Waals surface area contributed by atoms with Gasteiger partial charge in [-0.3, -0.25) is 0 Å². The molecule has 1 aromatic heterocycles. The molecule has 1 atom stereocenters. The highest BCUT2D eigenvalue weighted by Crippen LogP contribution is 2.38. The Morgan fingerprint density at radius 3 is 2.63 bits per heavy atom. The van der Waals surface area contributed by atoms with Gasteiger partial charge in [0.25, 0.3) is 0 Å². The number of benzene rings is 2. The van der Waals surface area contributed by atoms with Crippen molar-refractivity contribution in [2.24, 2.45) is 0 Å². The maximum atomic E-state index is 13.1. The van der Waals surface area contributed by atoms with Gasteiger partial charge in [0.2, 0.25) is 21.7 Å². The third-order valence-electron chi connectivity index (χ3n) is 4.80. The summed E-state index contributed by atoms with van der Waals surface area (Å²) in [5.74, 6) is -0.0198. The number of alkyl halides is 3. The van der Waals surface area contributed by atoms with Crippen molar-refractivity contribution in [1.29, 1.82) is 0 Å². The second kappa shape index (κ2) is 7.68. The first-order valence-electron chi connectivity index (χ1n) is 8.95. The summed E-state index contributed by atoms with van der Waals surface area (Å²) in [4.78, 5) is 4.15. The number of nitrogens with zero attached hydrogens (tertiary/aromatic N) is 3. The van der Waals surface area contributed by atoms with E-state index in [1.54, 1.807) is 12.1 Å². The highest BCUT2D eigenvalue weighted by atomic mass is 35.5. The Morgan fingerprint density at radius 2 is 1.90 bits per heavy atom. The minimum Gasteiger partial charge on any atom is -0.337 e. The van der Waals surface area contributed by atoms with Gasteiger partial charge in [0.15, 0.2) is 0 Å². The van der Waals surface area contributed by atoms with Crippen molar-refractivity contribution in [2.75, 3.05) is 6.54 Å². The first kappa shape index (κ1) is 20.8. The molecule has 0 saturated carbocycles. The van der Waals surface area contributed by atoms with Crippen LogP contribution in [0.25, 0.3) is 11.4 Å². The Bertz CT molecular complexity index is 1180. The van der Waals surface area contributed by atoms with Crippen molar-refractivity contribution in [1.82, 2.24) is 14.4 Å². The Balaban J connectivity index is 1.66. The van der Waals surface area contributed by atoms with Crippen LogP contribution < -0.4 is 0 Å². The minimum absolute atomic E-state index is 0.0236. The molecule has 1 saturated heterocycles. The molecule has 0 aliphatic carbocycles. The summed E-state index contributed by atoms with van der Waals surface area (Å²) in [6.45, 7) is 0.236. The fourth-order valence-electron chi connectivity index (χ4n) is 3.38. The van der Waals surface area contributed by atoms with Crippen molar-refractivity contribution in [3.8, 4) is 11.4 Å². The number of sulfonamides is 1. The van der Waals surface area contributed by atoms with Gasteiger partial charge in [-0.05, 0) is 37.1 Å². The summed E-state index contributed by atoms with van der Waals surface area (Å²) in [7, 11) is -3.92. The van der Waals surface area contributed by atoms with Crippen molar-refractivity contribution >= 4 is 21.6 Å². The first-order chi connectivity index (χ1) is 14.2. The molecule has 1 fully saturated rings. The highest BCUT2D eigenvalue weighted by Gasteiger charge is 2.40. The fourth-order valence-corrected chi connectivity index (χ4v) is 5.52. The van der Waals surface area contributed by atoms with Gasteiger partial charge in [0.05, 0.1) is 10.6 Å². The van der Waals surface area contributed by atoms with E-state index in [0.29, 0.717) is 12.8 Å². The molecular weight excluding hydrogens is 443 g/mol. The topological polar surface area (TPSA) is 76.3 Å². The molecule has 0 spiro atoms. The Hall–Kier alpha value is -2.43. The second-order valence-electron chi connectivity index (χ2n) is 6.74. The van der Waals surface area contributed by atoms with Gasteiger partial charge >= 0.3 is 6.18 Å². The zero-order valence-corrected chi connectivity index (χ0v) is 16.9. The van der Waals surface area contributed by atoms with Crippen LogP contribution in [0, 0.1) is 0 Å². The molecule has 158 valence electrons. The molecule has 11 heteroatoms. The van der Waals surface area contributed by atoms with Gasteiger partial charge < -0.3 is 4.52 Å². The predicted molar refractivity (Wildman–Crippen MR) is 102 cm³/mol. The van der Waals surface area contributed by atoms with Crippen LogP contribution in [-0.2, 0) is 16.2 Å². The number of rotatable bonds is 4. The molecule has 0 N–H and O–H groups in total. The van der Waals surface area contributed by atoms with Crippen LogP contribution in [0.5, 0.6) is 0 Å². The van der Waals surface area contributed by atoms with E-state index in [0.717, 1.165) is 12.1 Å². The van der Waals surface area contributed by atoms with E-state index in [-0.39, 0.29) is 33.7 Å². The number of hydrogen-bond donors (Lipinski definition) is 0. The Kier molecular flexibility index (Phi) is 5.33. The van der Waals surface area contributed by atoms with E-state index in [1.807, 2.05) is 0 Å². The Morgan fingerprint density at radius 1 is 1.13 bits per heavy atom. The molecule has 3 aromatic rings. The third-order valence-corrected chi connectivity index (χ3v) is 7.21. The Labute approximate surface area is 175 Å². The molecule has 0 amide bonds. The summed E-state index contributed by atoms with van der Waals surface area (Å²) >= 11 is 6.07. The lowest BCUT2D eigenvalue weighted by Crippen LogP contribution is -2.31. The van der Waals surface area contributed by atoms with Gasteiger partial charge in [-0.1, -0.05) is 41.0 Å². The van der Waals surface area contributed by atoms with Gasteiger partial charge in [-0.15, -0.1) is 0 Å². The molecular formula is C19H15ClF3N3O3S. The van der Waals surface area contributed by atoms with Crippen LogP contribution in [0.15, 0.2) is 57.9 Å². The number of halogens is 4. The average Bonchev–Trinajstić information content (AvgIpc) is 3.37. The molecule has 0 bridgehead atoms. The SMILES string of the molecule is O=S(=O)(c1ccccc1Cl)N1CCC[C@@H]1c1nc(-c2cccc(C(F)(F)F)c2)no1. The van der Waals surface area contributed by atoms with Crippen molar-refractivity contribution in [3.05, 3.63) is 65.0 Å². The zero-order valence-electron chi connectivity index (χ0n) is 15.3. The van der Waals surface area contributed by atoms with Gasteiger partial charge in [-0.25, -0.2) is 8.42 Å². The molecule has 4 rings (SSSR count). The van der Waals surface area contributed by atoms with E-state index >= 15 is 0 Å². The third kappa shape index (κ3) is 3.82. The van der Waals surface area contributed by atoms with Crippen molar-refractivity contribution in [3.63, 3.8) is 0 Å². The van der Waals surface area contributed by atoms with Crippen LogP contribution in [0.4, 0.5) is 13.2 Å². The normalized spacial score (nSPS) is 18.1. The summed E-state index contributed by atoms with van der Waals surface area (Å²) < 4.78 is 71.6. The second-order valence-corrected chi connectivity index (χ2v) is 9.01. The van der Waals surface area contributed by atoms with Crippen LogP contribution in [0.1, 0.15) is 30.3 Å². The highest BCUT2D eigenvalue weighted by molar-refractivity contribution is 7.89. The molecule has 1 aliphatic heterocycles. The van der Waals surface area contributed by atoms with Gasteiger partial charge in [0.1, 0.15) is 10.9 Å². The summed E-state index contributed by atoms with van der Waals surface area (Å²) in [6.07, 6.45) is -3.50. The minimum atomic E-state index is -4.51. The number of hydrogen-bond acceptors (Lipinski definition) is 5. The lowest BCUT2D eigenvalue weighted by atomic mass is 10.1. The first-order valence-corrected chi connectivity index (χ1v) is 10.8. The molecule has 30 heavy (non-hydrogen) atoms. The fraction of sp³-hybridized carbons (Fsp3) is 0.263. The maximum absolute atomic E-state index is 13.1. The largest absolute Gasteiger partial charge is 0.416 e. The van der Waals surface area contributed by atoms with E-state index < -0.39 is 27.8 Å². The van der Waals surface area contributed by atoms with E-state index in [1.165, 1.54) is 28.6 Å². The summed E-state index contributed by atoms with van der Waals surface area (Å²) in [5, 5.41) is 3.86. The molecule has 0 unspecified atom stereocenters. The average molecular weight is 458 g/mol. The molecule has 6 nitrogen and oxygen atoms in total. The molecule has 2 aromatic carbocycles. The van der Waals surface area contributed by atoms with E-state index in [4.69, 9.17) is 16.1 Å². The molecule has 0 radical (unpaired) electrons. The lowest BCUT2D eigenvalue weighted by molar-refractivity contribution is -0.137. The number of aromatic nitrogens is 2. The quantitative estimate of drug-likeness (QED) is 0.555. The van der Waals surface area contributed by atoms with E-state index in [2.05, 4.69) is 10.1 Å². The standard InChI is InChI=1S/C19H15ClF3N3O3S/c20-14-7-1-2-9-16(14)30(27,28)26-10-4-8-15(26)18-24-17(25-29-18)12-5-3-6-13(11-12)19(21,22)23/h1-3,5-7,9,11,15H,4,8,10H2/t15-/m1/s1. The van der Waals surface area contributed by atoms with Crippen molar-refractivity contribution in [2.45, 2.75) is 30.0 Å². The van der Waals surface area contributed by atoms with E-state index in [9.17, 15) is 21.6 Å². The van der Waals surface area contributed by atoms with Crippen molar-refractivity contribution < 1.29 is 26.1 Å². The van der Waals surface area contributed by atoms with Crippen LogP contribution in [-0.4, -0.2) is 29.4 Å². The summed E-state index contributed by atoms with van der Waals surface area (Å²) in [6, 6.07) is 9.91. The van der Waals surface area contributed by atoms with Crippen LogP contribution in [0.3, 0.4) is 0 Å². The van der Waals surface area contributed by atoms with Gasteiger partial charge in [0, 0.05) is 12.1 Å². The maximum Gasteiger partial charge on any atom is 0.416 e. The van der Waals surface area contributed by atoms with Gasteiger partial charge in [-0.2, -0.15) is 22.5 Å². The predicted octanol–water partition coefficient (Wildman–Crippen LogP) is 4.93. The monoisotopic (exact) mass is 457 g/mol. The lowest BCUT2D eigenvalue weighted by Gasteiger charge is -2.21. The van der Waals surface area contributed by atoms with Crippen LogP contribution in [0.2, 0.25) is 5.02 Å². The molecule has 1 aliphatic rings.